The molecule has 0 radical (unpaired) electrons. The molecule has 0 bridgehead atoms. The van der Waals surface area contributed by atoms with E-state index < -0.39 is 40.2 Å². The summed E-state index contributed by atoms with van der Waals surface area (Å²) in [6.07, 6.45) is 0. The maximum Gasteiger partial charge on any atom is 0.264 e. The predicted molar refractivity (Wildman–Crippen MR) is 147 cm³/mol. The summed E-state index contributed by atoms with van der Waals surface area (Å²) in [5.74, 6) is -1.47. The quantitative estimate of drug-likeness (QED) is 0.363. The third kappa shape index (κ3) is 7.33. The van der Waals surface area contributed by atoms with Gasteiger partial charge >= 0.3 is 0 Å². The average molecular weight is 560 g/mol. The van der Waals surface area contributed by atoms with Crippen molar-refractivity contribution in [1.82, 2.24) is 10.2 Å². The van der Waals surface area contributed by atoms with E-state index in [-0.39, 0.29) is 33.6 Å². The minimum Gasteiger partial charge on any atom is -0.354 e. The van der Waals surface area contributed by atoms with Crippen LogP contribution in [0.25, 0.3) is 0 Å². The van der Waals surface area contributed by atoms with Gasteiger partial charge in [0.05, 0.1) is 10.6 Å². The second kappa shape index (κ2) is 12.9. The second-order valence-corrected chi connectivity index (χ2v) is 11.5. The van der Waals surface area contributed by atoms with E-state index in [4.69, 9.17) is 11.6 Å². The van der Waals surface area contributed by atoms with Crippen LogP contribution in [-0.4, -0.2) is 44.3 Å². The van der Waals surface area contributed by atoms with Crippen LogP contribution in [-0.2, 0) is 26.2 Å². The molecule has 1 atom stereocenters. The molecule has 0 fully saturated rings. The summed E-state index contributed by atoms with van der Waals surface area (Å²) in [6.45, 7) is 4.94. The average Bonchev–Trinajstić information content (AvgIpc) is 2.89. The van der Waals surface area contributed by atoms with Gasteiger partial charge in [-0.1, -0.05) is 67.9 Å². The van der Waals surface area contributed by atoms with Gasteiger partial charge in [-0.25, -0.2) is 12.8 Å². The minimum absolute atomic E-state index is 0.0174. The fraction of sp³-hybridized carbons (Fsp3) is 0.286. The first-order valence-corrected chi connectivity index (χ1v) is 14.0. The van der Waals surface area contributed by atoms with Gasteiger partial charge in [0.1, 0.15) is 18.4 Å². The number of nitrogens with one attached hydrogen (secondary N) is 1. The lowest BCUT2D eigenvalue weighted by atomic mass is 10.1. The Morgan fingerprint density at radius 2 is 1.61 bits per heavy atom. The number of halogens is 2. The number of anilines is 1. The molecule has 0 aliphatic heterocycles. The van der Waals surface area contributed by atoms with E-state index in [9.17, 15) is 22.4 Å². The van der Waals surface area contributed by atoms with E-state index in [1.54, 1.807) is 36.4 Å². The molecule has 3 aromatic rings. The van der Waals surface area contributed by atoms with Crippen molar-refractivity contribution in [2.24, 2.45) is 5.92 Å². The molecule has 0 saturated carbocycles. The summed E-state index contributed by atoms with van der Waals surface area (Å²) in [5, 5.41) is 3.08. The maximum absolute atomic E-state index is 14.6. The molecule has 10 heteroatoms. The predicted octanol–water partition coefficient (Wildman–Crippen LogP) is 4.86. The summed E-state index contributed by atoms with van der Waals surface area (Å²) in [7, 11) is -4.20. The molecule has 0 heterocycles. The van der Waals surface area contributed by atoms with Crippen LogP contribution < -0.4 is 9.62 Å². The van der Waals surface area contributed by atoms with Gasteiger partial charge in [-0.15, -0.1) is 0 Å². The standard InChI is InChI=1S/C28H31ClFN3O4S/c1-20(2)17-31-28(35)21(3)32(18-22-10-7-8-15-26(22)30)27(34)19-33(24-12-9-11-23(29)16-24)38(36,37)25-13-5-4-6-14-25/h4-16,20-21H,17-19H2,1-3H3,(H,31,35)/t21-/m0/s1. The molecular formula is C28H31ClFN3O4S. The molecule has 0 aliphatic carbocycles. The fourth-order valence-electron chi connectivity index (χ4n) is 3.72. The molecule has 7 nitrogen and oxygen atoms in total. The SMILES string of the molecule is CC(C)CNC(=O)[C@H](C)N(Cc1ccccc1F)C(=O)CN(c1cccc(Cl)c1)S(=O)(=O)c1ccccc1. The largest absolute Gasteiger partial charge is 0.354 e. The van der Waals surface area contributed by atoms with Crippen molar-refractivity contribution in [1.29, 1.82) is 0 Å². The van der Waals surface area contributed by atoms with Gasteiger partial charge in [-0.2, -0.15) is 0 Å². The first kappa shape index (κ1) is 29.1. The van der Waals surface area contributed by atoms with E-state index in [0.717, 1.165) is 4.31 Å². The zero-order valence-corrected chi connectivity index (χ0v) is 23.0. The van der Waals surface area contributed by atoms with Gasteiger partial charge in [-0.05, 0) is 49.2 Å². The molecule has 3 aromatic carbocycles. The van der Waals surface area contributed by atoms with E-state index >= 15 is 0 Å². The smallest absolute Gasteiger partial charge is 0.264 e. The minimum atomic E-state index is -4.20. The molecular weight excluding hydrogens is 529 g/mol. The summed E-state index contributed by atoms with van der Waals surface area (Å²) in [4.78, 5) is 27.9. The third-order valence-electron chi connectivity index (χ3n) is 5.86. The molecule has 0 spiro atoms. The molecule has 38 heavy (non-hydrogen) atoms. The lowest BCUT2D eigenvalue weighted by Crippen LogP contribution is -2.51. The molecule has 0 saturated heterocycles. The van der Waals surface area contributed by atoms with Crippen molar-refractivity contribution in [2.45, 2.75) is 38.3 Å². The van der Waals surface area contributed by atoms with Gasteiger partial charge in [0.2, 0.25) is 11.8 Å². The van der Waals surface area contributed by atoms with Crippen molar-refractivity contribution < 1.29 is 22.4 Å². The highest BCUT2D eigenvalue weighted by atomic mass is 35.5. The van der Waals surface area contributed by atoms with Crippen molar-refractivity contribution in [3.8, 4) is 0 Å². The van der Waals surface area contributed by atoms with E-state index in [1.165, 1.54) is 54.3 Å². The Balaban J connectivity index is 2.01. The van der Waals surface area contributed by atoms with E-state index in [0.29, 0.717) is 6.54 Å². The van der Waals surface area contributed by atoms with Crippen molar-refractivity contribution >= 4 is 39.1 Å². The summed E-state index contributed by atoms with van der Waals surface area (Å²) < 4.78 is 42.8. The number of benzene rings is 3. The highest BCUT2D eigenvalue weighted by Crippen LogP contribution is 2.27. The number of nitrogens with zero attached hydrogens (tertiary/aromatic N) is 2. The normalized spacial score (nSPS) is 12.2. The number of amides is 2. The monoisotopic (exact) mass is 559 g/mol. The van der Waals surface area contributed by atoms with Crippen LogP contribution in [0.1, 0.15) is 26.3 Å². The highest BCUT2D eigenvalue weighted by Gasteiger charge is 2.33. The van der Waals surface area contributed by atoms with Crippen LogP contribution >= 0.6 is 11.6 Å². The van der Waals surface area contributed by atoms with Crippen LogP contribution in [0.5, 0.6) is 0 Å². The molecule has 0 aliphatic rings. The van der Waals surface area contributed by atoms with Crippen molar-refractivity contribution in [3.05, 3.63) is 95.3 Å². The van der Waals surface area contributed by atoms with Crippen LogP contribution in [0.2, 0.25) is 5.02 Å². The number of sulfonamides is 1. The third-order valence-corrected chi connectivity index (χ3v) is 7.88. The van der Waals surface area contributed by atoms with Crippen LogP contribution in [0.4, 0.5) is 10.1 Å². The van der Waals surface area contributed by atoms with Crippen LogP contribution in [0, 0.1) is 11.7 Å². The Labute approximate surface area is 228 Å². The topological polar surface area (TPSA) is 86.8 Å². The Hall–Kier alpha value is -3.43. The van der Waals surface area contributed by atoms with Gasteiger partial charge in [0.15, 0.2) is 0 Å². The summed E-state index contributed by atoms with van der Waals surface area (Å²) in [5.41, 5.74) is 0.377. The first-order chi connectivity index (χ1) is 18.0. The number of carbonyl (C=O) groups is 2. The zero-order chi connectivity index (χ0) is 27.9. The second-order valence-electron chi connectivity index (χ2n) is 9.23. The lowest BCUT2D eigenvalue weighted by Gasteiger charge is -2.32. The first-order valence-electron chi connectivity index (χ1n) is 12.1. The maximum atomic E-state index is 14.6. The summed E-state index contributed by atoms with van der Waals surface area (Å²) in [6, 6.07) is 18.8. The van der Waals surface area contributed by atoms with E-state index in [2.05, 4.69) is 5.32 Å². The van der Waals surface area contributed by atoms with Crippen LogP contribution in [0.15, 0.2) is 83.8 Å². The van der Waals surface area contributed by atoms with Crippen molar-refractivity contribution in [3.63, 3.8) is 0 Å². The van der Waals surface area contributed by atoms with Gasteiger partial charge < -0.3 is 10.2 Å². The number of hydrogen-bond donors (Lipinski definition) is 1. The van der Waals surface area contributed by atoms with Gasteiger partial charge in [0, 0.05) is 23.7 Å². The number of carbonyl (C=O) groups excluding carboxylic acids is 2. The molecule has 202 valence electrons. The number of hydrogen-bond acceptors (Lipinski definition) is 4. The molecule has 2 amide bonds. The molecule has 1 N–H and O–H groups in total. The molecule has 0 aromatic heterocycles. The Morgan fingerprint density at radius 1 is 0.947 bits per heavy atom. The highest BCUT2D eigenvalue weighted by molar-refractivity contribution is 7.92. The van der Waals surface area contributed by atoms with Gasteiger partial charge in [0.25, 0.3) is 10.0 Å². The zero-order valence-electron chi connectivity index (χ0n) is 21.5. The fourth-order valence-corrected chi connectivity index (χ4v) is 5.34. The van der Waals surface area contributed by atoms with E-state index in [1.807, 2.05) is 13.8 Å². The Kier molecular flexibility index (Phi) is 9.88. The lowest BCUT2D eigenvalue weighted by molar-refractivity contribution is -0.139. The Bertz CT molecular complexity index is 1370. The number of rotatable bonds is 11. The molecule has 0 unspecified atom stereocenters. The van der Waals surface area contributed by atoms with Crippen molar-refractivity contribution in [2.75, 3.05) is 17.4 Å². The van der Waals surface area contributed by atoms with Crippen LogP contribution in [0.3, 0.4) is 0 Å². The Morgan fingerprint density at radius 3 is 2.24 bits per heavy atom. The summed E-state index contributed by atoms with van der Waals surface area (Å²) >= 11 is 6.15. The van der Waals surface area contributed by atoms with Gasteiger partial charge in [-0.3, -0.25) is 13.9 Å². The molecule has 3 rings (SSSR count).